The summed E-state index contributed by atoms with van der Waals surface area (Å²) >= 11 is 0. The first-order valence-corrected chi connectivity index (χ1v) is 6.36. The van der Waals surface area contributed by atoms with Gasteiger partial charge < -0.3 is 10.6 Å². The molecule has 2 N–H and O–H groups in total. The Morgan fingerprint density at radius 1 is 1.28 bits per heavy atom. The Morgan fingerprint density at radius 2 is 1.89 bits per heavy atom. The molecule has 4 heteroatoms. The van der Waals surface area contributed by atoms with Crippen LogP contribution in [0.2, 0.25) is 0 Å². The van der Waals surface area contributed by atoms with Crippen molar-refractivity contribution in [3.05, 3.63) is 29.3 Å². The standard InChI is InChI=1S/C14H20F2N2/c1-14(2)4-6-18(9-14)13-11(15)7-10(3-5-17)8-12(13)16/h7-8H,3-6,9,17H2,1-2H3. The van der Waals surface area contributed by atoms with Gasteiger partial charge in [-0.05, 0) is 42.5 Å². The van der Waals surface area contributed by atoms with Gasteiger partial charge in [-0.1, -0.05) is 13.8 Å². The summed E-state index contributed by atoms with van der Waals surface area (Å²) in [4.78, 5) is 1.80. The minimum Gasteiger partial charge on any atom is -0.366 e. The Labute approximate surface area is 107 Å². The molecule has 18 heavy (non-hydrogen) atoms. The van der Waals surface area contributed by atoms with E-state index in [1.54, 1.807) is 4.90 Å². The van der Waals surface area contributed by atoms with Gasteiger partial charge in [-0.15, -0.1) is 0 Å². The van der Waals surface area contributed by atoms with Crippen LogP contribution in [0.15, 0.2) is 12.1 Å². The molecule has 0 aliphatic carbocycles. The van der Waals surface area contributed by atoms with Crippen LogP contribution in [0.1, 0.15) is 25.8 Å². The van der Waals surface area contributed by atoms with Crippen LogP contribution in [-0.2, 0) is 6.42 Å². The molecule has 0 saturated carbocycles. The first kappa shape index (κ1) is 13.3. The van der Waals surface area contributed by atoms with Gasteiger partial charge in [-0.3, -0.25) is 0 Å². The van der Waals surface area contributed by atoms with Gasteiger partial charge in [0.15, 0.2) is 0 Å². The van der Waals surface area contributed by atoms with Crippen LogP contribution in [0.25, 0.3) is 0 Å². The van der Waals surface area contributed by atoms with Crippen molar-refractivity contribution in [2.24, 2.45) is 11.1 Å². The van der Waals surface area contributed by atoms with Gasteiger partial charge in [0.25, 0.3) is 0 Å². The molecule has 1 heterocycles. The summed E-state index contributed by atoms with van der Waals surface area (Å²) in [5.74, 6) is -0.952. The Balaban J connectivity index is 2.29. The number of rotatable bonds is 3. The van der Waals surface area contributed by atoms with E-state index in [1.807, 2.05) is 0 Å². The third-order valence-electron chi connectivity index (χ3n) is 3.50. The predicted octanol–water partition coefficient (Wildman–Crippen LogP) is 2.70. The van der Waals surface area contributed by atoms with Crippen molar-refractivity contribution in [2.45, 2.75) is 26.7 Å². The molecule has 0 aromatic heterocycles. The van der Waals surface area contributed by atoms with Crippen LogP contribution >= 0.6 is 0 Å². The van der Waals surface area contributed by atoms with Gasteiger partial charge in [0.2, 0.25) is 0 Å². The molecule has 100 valence electrons. The van der Waals surface area contributed by atoms with Crippen LogP contribution in [-0.4, -0.2) is 19.6 Å². The van der Waals surface area contributed by atoms with Crippen molar-refractivity contribution in [1.29, 1.82) is 0 Å². The highest BCUT2D eigenvalue weighted by molar-refractivity contribution is 5.52. The second-order valence-corrected chi connectivity index (χ2v) is 5.78. The van der Waals surface area contributed by atoms with Crippen LogP contribution in [0.3, 0.4) is 0 Å². The molecule has 1 saturated heterocycles. The quantitative estimate of drug-likeness (QED) is 0.898. The molecule has 2 rings (SSSR count). The minimum atomic E-state index is -0.476. The summed E-state index contributed by atoms with van der Waals surface area (Å²) < 4.78 is 28.0. The van der Waals surface area contributed by atoms with Gasteiger partial charge in [-0.2, -0.15) is 0 Å². The van der Waals surface area contributed by atoms with Crippen molar-refractivity contribution < 1.29 is 8.78 Å². The van der Waals surface area contributed by atoms with Crippen molar-refractivity contribution in [3.63, 3.8) is 0 Å². The largest absolute Gasteiger partial charge is 0.366 e. The zero-order valence-electron chi connectivity index (χ0n) is 11.0. The Kier molecular flexibility index (Phi) is 3.57. The number of hydrogen-bond acceptors (Lipinski definition) is 2. The van der Waals surface area contributed by atoms with E-state index in [-0.39, 0.29) is 11.1 Å². The van der Waals surface area contributed by atoms with E-state index in [0.29, 0.717) is 31.6 Å². The Bertz CT molecular complexity index is 420. The van der Waals surface area contributed by atoms with E-state index in [2.05, 4.69) is 13.8 Å². The van der Waals surface area contributed by atoms with Gasteiger partial charge in [-0.25, -0.2) is 8.78 Å². The lowest BCUT2D eigenvalue weighted by Crippen LogP contribution is -2.24. The molecule has 0 radical (unpaired) electrons. The maximum absolute atomic E-state index is 14.0. The molecule has 1 aromatic carbocycles. The zero-order chi connectivity index (χ0) is 13.3. The molecule has 1 aliphatic heterocycles. The highest BCUT2D eigenvalue weighted by Gasteiger charge is 2.32. The van der Waals surface area contributed by atoms with Gasteiger partial charge in [0, 0.05) is 13.1 Å². The minimum absolute atomic E-state index is 0.112. The van der Waals surface area contributed by atoms with Gasteiger partial charge >= 0.3 is 0 Å². The Morgan fingerprint density at radius 3 is 2.33 bits per heavy atom. The molecule has 0 bridgehead atoms. The van der Waals surface area contributed by atoms with E-state index in [9.17, 15) is 8.78 Å². The average Bonchev–Trinajstić information content (AvgIpc) is 2.58. The summed E-state index contributed by atoms with van der Waals surface area (Å²) in [5, 5.41) is 0. The number of benzene rings is 1. The topological polar surface area (TPSA) is 29.3 Å². The van der Waals surface area contributed by atoms with E-state index in [1.165, 1.54) is 12.1 Å². The lowest BCUT2D eigenvalue weighted by Gasteiger charge is -2.23. The maximum atomic E-state index is 14.0. The first-order chi connectivity index (χ1) is 8.43. The lowest BCUT2D eigenvalue weighted by molar-refractivity contribution is 0.417. The first-order valence-electron chi connectivity index (χ1n) is 6.36. The molecule has 0 spiro atoms. The third-order valence-corrected chi connectivity index (χ3v) is 3.50. The van der Waals surface area contributed by atoms with Crippen molar-refractivity contribution in [2.75, 3.05) is 24.5 Å². The highest BCUT2D eigenvalue weighted by Crippen LogP contribution is 2.35. The molecule has 1 fully saturated rings. The SMILES string of the molecule is CC1(C)CCN(c2c(F)cc(CCN)cc2F)C1. The lowest BCUT2D eigenvalue weighted by atomic mass is 9.93. The van der Waals surface area contributed by atoms with Crippen LogP contribution in [0.4, 0.5) is 14.5 Å². The van der Waals surface area contributed by atoms with Gasteiger partial charge in [0.1, 0.15) is 17.3 Å². The van der Waals surface area contributed by atoms with Crippen LogP contribution in [0.5, 0.6) is 0 Å². The van der Waals surface area contributed by atoms with Crippen molar-refractivity contribution >= 4 is 5.69 Å². The molecular weight excluding hydrogens is 234 g/mol. The summed E-state index contributed by atoms with van der Waals surface area (Å²) in [6.07, 6.45) is 1.45. The summed E-state index contributed by atoms with van der Waals surface area (Å²) in [5.41, 5.74) is 6.25. The summed E-state index contributed by atoms with van der Waals surface area (Å²) in [6.45, 7) is 6.03. The average molecular weight is 254 g/mol. The second-order valence-electron chi connectivity index (χ2n) is 5.78. The molecular formula is C14H20F2N2. The van der Waals surface area contributed by atoms with Crippen LogP contribution < -0.4 is 10.6 Å². The molecule has 1 aromatic rings. The van der Waals surface area contributed by atoms with Crippen molar-refractivity contribution in [1.82, 2.24) is 0 Å². The molecule has 0 amide bonds. The summed E-state index contributed by atoms with van der Waals surface area (Å²) in [7, 11) is 0. The fraction of sp³-hybridized carbons (Fsp3) is 0.571. The van der Waals surface area contributed by atoms with E-state index in [4.69, 9.17) is 5.73 Å². The highest BCUT2D eigenvalue weighted by atomic mass is 19.1. The summed E-state index contributed by atoms with van der Waals surface area (Å²) in [6, 6.07) is 2.80. The predicted molar refractivity (Wildman–Crippen MR) is 69.7 cm³/mol. The van der Waals surface area contributed by atoms with E-state index in [0.717, 1.165) is 6.42 Å². The molecule has 1 aliphatic rings. The monoisotopic (exact) mass is 254 g/mol. The van der Waals surface area contributed by atoms with Crippen molar-refractivity contribution in [3.8, 4) is 0 Å². The number of anilines is 1. The molecule has 0 unspecified atom stereocenters. The third kappa shape index (κ3) is 2.64. The molecule has 0 atom stereocenters. The fourth-order valence-electron chi connectivity index (χ4n) is 2.53. The Hall–Kier alpha value is -1.16. The van der Waals surface area contributed by atoms with E-state index < -0.39 is 11.6 Å². The second kappa shape index (κ2) is 4.84. The normalized spacial score (nSPS) is 18.4. The zero-order valence-corrected chi connectivity index (χ0v) is 11.0. The smallest absolute Gasteiger partial charge is 0.149 e. The molecule has 2 nitrogen and oxygen atoms in total. The van der Waals surface area contributed by atoms with Gasteiger partial charge in [0.05, 0.1) is 0 Å². The number of halogens is 2. The number of hydrogen-bond donors (Lipinski definition) is 1. The van der Waals surface area contributed by atoms with Crippen LogP contribution in [0, 0.1) is 17.0 Å². The number of nitrogens with zero attached hydrogens (tertiary/aromatic N) is 1. The van der Waals surface area contributed by atoms with E-state index >= 15 is 0 Å². The fourth-order valence-corrected chi connectivity index (χ4v) is 2.53. The maximum Gasteiger partial charge on any atom is 0.149 e. The number of nitrogens with two attached hydrogens (primary N) is 1.